The van der Waals surface area contributed by atoms with Crippen LogP contribution in [-0.4, -0.2) is 55.3 Å². The van der Waals surface area contributed by atoms with E-state index in [0.717, 1.165) is 24.8 Å². The molecule has 1 aromatic heterocycles. The van der Waals surface area contributed by atoms with Crippen LogP contribution in [0.2, 0.25) is 0 Å². The van der Waals surface area contributed by atoms with Crippen molar-refractivity contribution in [3.05, 3.63) is 88.2 Å². The van der Waals surface area contributed by atoms with Crippen molar-refractivity contribution in [2.45, 2.75) is 39.0 Å². The van der Waals surface area contributed by atoms with Crippen molar-refractivity contribution in [3.8, 4) is 11.4 Å². The van der Waals surface area contributed by atoms with Crippen molar-refractivity contribution in [2.24, 2.45) is 0 Å². The zero-order valence-corrected chi connectivity index (χ0v) is 22.7. The first-order valence-electron chi connectivity index (χ1n) is 13.3. The van der Waals surface area contributed by atoms with Crippen molar-refractivity contribution in [2.75, 3.05) is 37.7 Å². The molecule has 202 valence electrons. The first-order chi connectivity index (χ1) is 18.5. The van der Waals surface area contributed by atoms with Crippen molar-refractivity contribution in [1.29, 1.82) is 0 Å². The maximum absolute atomic E-state index is 13.5. The van der Waals surface area contributed by atoms with E-state index in [-0.39, 0.29) is 11.3 Å². The molecule has 0 spiro atoms. The van der Waals surface area contributed by atoms with Gasteiger partial charge in [0, 0.05) is 31.6 Å². The number of rotatable bonds is 12. The molecule has 0 bridgehead atoms. The molecule has 1 fully saturated rings. The molecule has 2 aromatic carbocycles. The van der Waals surface area contributed by atoms with Crippen LogP contribution >= 0.6 is 0 Å². The number of aromatic nitrogens is 2. The summed E-state index contributed by atoms with van der Waals surface area (Å²) in [7, 11) is -3.56. The second-order valence-corrected chi connectivity index (χ2v) is 11.1. The van der Waals surface area contributed by atoms with E-state index >= 15 is 0 Å². The van der Waals surface area contributed by atoms with Gasteiger partial charge in [-0.15, -0.1) is 0 Å². The molecule has 0 atom stereocenters. The second kappa shape index (κ2) is 13.4. The highest BCUT2D eigenvalue weighted by atomic mass is 32.2. The van der Waals surface area contributed by atoms with Gasteiger partial charge in [0.2, 0.25) is 15.8 Å². The molecule has 0 amide bonds. The van der Waals surface area contributed by atoms with Gasteiger partial charge in [-0.05, 0) is 30.2 Å². The molecular formula is C29H36N4O4S. The van der Waals surface area contributed by atoms with Crippen molar-refractivity contribution >= 4 is 21.8 Å². The molecule has 0 radical (unpaired) electrons. The number of ether oxygens (including phenoxy) is 1. The first-order valence-corrected chi connectivity index (χ1v) is 14.8. The van der Waals surface area contributed by atoms with Crippen LogP contribution in [0, 0.1) is 0 Å². The Morgan fingerprint density at radius 1 is 0.895 bits per heavy atom. The molecule has 2 heterocycles. The van der Waals surface area contributed by atoms with E-state index < -0.39 is 10.0 Å². The standard InChI is InChI=1S/C29H36N4O4S/c1-2-3-4-5-12-22-37-28-27(24-30-33(29(28)34)26-15-10-7-11-16-26)31-18-20-32(21-19-31)38(35,36)23-17-25-13-8-6-9-14-25/h6-11,13-17,23-24H,2-5,12,18-22H2,1H3/b23-17+. The Hall–Kier alpha value is -3.43. The predicted molar refractivity (Wildman–Crippen MR) is 152 cm³/mol. The Kier molecular flexibility index (Phi) is 9.73. The summed E-state index contributed by atoms with van der Waals surface area (Å²) in [6, 6.07) is 18.6. The molecule has 1 aliphatic rings. The van der Waals surface area contributed by atoms with E-state index in [1.54, 1.807) is 12.3 Å². The van der Waals surface area contributed by atoms with Crippen LogP contribution in [0.3, 0.4) is 0 Å². The molecule has 38 heavy (non-hydrogen) atoms. The van der Waals surface area contributed by atoms with Gasteiger partial charge in [-0.1, -0.05) is 81.1 Å². The number of para-hydroxylation sites is 1. The molecular weight excluding hydrogens is 500 g/mol. The fourth-order valence-corrected chi connectivity index (χ4v) is 5.59. The molecule has 8 nitrogen and oxygen atoms in total. The summed E-state index contributed by atoms with van der Waals surface area (Å²) in [5.41, 5.74) is 1.78. The van der Waals surface area contributed by atoms with Gasteiger partial charge in [-0.2, -0.15) is 14.1 Å². The molecule has 3 aromatic rings. The molecule has 0 N–H and O–H groups in total. The molecule has 1 aliphatic heterocycles. The van der Waals surface area contributed by atoms with Gasteiger partial charge in [-0.3, -0.25) is 4.79 Å². The lowest BCUT2D eigenvalue weighted by atomic mass is 10.2. The molecule has 4 rings (SSSR count). The Morgan fingerprint density at radius 3 is 2.24 bits per heavy atom. The minimum Gasteiger partial charge on any atom is -0.486 e. The number of unbranched alkanes of at least 4 members (excludes halogenated alkanes) is 4. The topological polar surface area (TPSA) is 84.7 Å². The van der Waals surface area contributed by atoms with Gasteiger partial charge in [0.25, 0.3) is 0 Å². The zero-order chi connectivity index (χ0) is 26.8. The van der Waals surface area contributed by atoms with E-state index in [1.165, 1.54) is 27.2 Å². The second-order valence-electron chi connectivity index (χ2n) is 9.32. The van der Waals surface area contributed by atoms with Gasteiger partial charge in [-0.25, -0.2) is 8.42 Å². The molecule has 0 unspecified atom stereocenters. The number of hydrogen-bond donors (Lipinski definition) is 0. The van der Waals surface area contributed by atoms with Gasteiger partial charge in [0.05, 0.1) is 18.5 Å². The Morgan fingerprint density at radius 2 is 1.55 bits per heavy atom. The summed E-state index contributed by atoms with van der Waals surface area (Å²) < 4.78 is 34.7. The van der Waals surface area contributed by atoms with Gasteiger partial charge in [0.1, 0.15) is 5.69 Å². The highest BCUT2D eigenvalue weighted by molar-refractivity contribution is 7.92. The minimum absolute atomic E-state index is 0.264. The third-order valence-corrected chi connectivity index (χ3v) is 8.15. The van der Waals surface area contributed by atoms with E-state index in [1.807, 2.05) is 65.6 Å². The molecule has 0 aliphatic carbocycles. The van der Waals surface area contributed by atoms with Crippen molar-refractivity contribution < 1.29 is 13.2 Å². The van der Waals surface area contributed by atoms with Crippen LogP contribution in [0.1, 0.15) is 44.6 Å². The number of hydrogen-bond acceptors (Lipinski definition) is 6. The smallest absolute Gasteiger partial charge is 0.316 e. The normalized spacial score (nSPS) is 14.7. The van der Waals surface area contributed by atoms with Gasteiger partial charge in [0.15, 0.2) is 0 Å². The van der Waals surface area contributed by atoms with Gasteiger partial charge < -0.3 is 9.64 Å². The minimum atomic E-state index is -3.56. The Labute approximate surface area is 225 Å². The van der Waals surface area contributed by atoms with E-state index in [2.05, 4.69) is 12.0 Å². The number of nitrogens with zero attached hydrogens (tertiary/aromatic N) is 4. The fraction of sp³-hybridized carbons (Fsp3) is 0.379. The third kappa shape index (κ3) is 7.11. The van der Waals surface area contributed by atoms with Crippen LogP contribution in [0.5, 0.6) is 5.75 Å². The quantitative estimate of drug-likeness (QED) is 0.312. The average molecular weight is 537 g/mol. The van der Waals surface area contributed by atoms with Crippen LogP contribution < -0.4 is 15.2 Å². The lowest BCUT2D eigenvalue weighted by Gasteiger charge is -2.35. The van der Waals surface area contributed by atoms with Gasteiger partial charge >= 0.3 is 5.56 Å². The van der Waals surface area contributed by atoms with Crippen LogP contribution in [-0.2, 0) is 10.0 Å². The summed E-state index contributed by atoms with van der Waals surface area (Å²) in [5.74, 6) is 0.264. The van der Waals surface area contributed by atoms with Crippen LogP contribution in [0.4, 0.5) is 5.69 Å². The van der Waals surface area contributed by atoms with Crippen molar-refractivity contribution in [3.63, 3.8) is 0 Å². The molecule has 1 saturated heterocycles. The number of piperazine rings is 1. The van der Waals surface area contributed by atoms with Crippen LogP contribution in [0.25, 0.3) is 11.8 Å². The maximum Gasteiger partial charge on any atom is 0.316 e. The fourth-order valence-electron chi connectivity index (χ4n) is 4.42. The highest BCUT2D eigenvalue weighted by Gasteiger charge is 2.28. The lowest BCUT2D eigenvalue weighted by molar-refractivity contribution is 0.297. The average Bonchev–Trinajstić information content (AvgIpc) is 2.95. The van der Waals surface area contributed by atoms with Crippen LogP contribution in [0.15, 0.2) is 77.1 Å². The monoisotopic (exact) mass is 536 g/mol. The predicted octanol–water partition coefficient (Wildman–Crippen LogP) is 4.70. The number of benzene rings is 2. The zero-order valence-electron chi connectivity index (χ0n) is 21.9. The van der Waals surface area contributed by atoms with E-state index in [9.17, 15) is 13.2 Å². The first kappa shape index (κ1) is 27.6. The lowest BCUT2D eigenvalue weighted by Crippen LogP contribution is -2.48. The number of sulfonamides is 1. The summed E-state index contributed by atoms with van der Waals surface area (Å²) >= 11 is 0. The summed E-state index contributed by atoms with van der Waals surface area (Å²) in [4.78, 5) is 15.5. The Bertz CT molecular complexity index is 1350. The van der Waals surface area contributed by atoms with E-state index in [0.29, 0.717) is 44.2 Å². The largest absolute Gasteiger partial charge is 0.486 e. The maximum atomic E-state index is 13.5. The SMILES string of the molecule is CCCCCCCOc1c(N2CCN(S(=O)(=O)/C=C/c3ccccc3)CC2)cnn(-c2ccccc2)c1=O. The summed E-state index contributed by atoms with van der Waals surface area (Å²) in [6.45, 7) is 4.10. The summed E-state index contributed by atoms with van der Waals surface area (Å²) in [6.07, 6.45) is 8.68. The third-order valence-electron chi connectivity index (χ3n) is 6.58. The molecule has 0 saturated carbocycles. The molecule has 9 heteroatoms. The Balaban J connectivity index is 1.49. The highest BCUT2D eigenvalue weighted by Crippen LogP contribution is 2.26. The van der Waals surface area contributed by atoms with E-state index in [4.69, 9.17) is 4.74 Å². The van der Waals surface area contributed by atoms with Crippen molar-refractivity contribution in [1.82, 2.24) is 14.1 Å². The number of anilines is 1. The summed E-state index contributed by atoms with van der Waals surface area (Å²) in [5, 5.41) is 5.68.